The second kappa shape index (κ2) is 2.25. The monoisotopic (exact) mass is 184 g/mol. The number of ether oxygens (including phenoxy) is 1. The molecule has 2 fully saturated rings. The van der Waals surface area contributed by atoms with Gasteiger partial charge in [0, 0.05) is 6.42 Å². The second-order valence-electron chi connectivity index (χ2n) is 4.24. The number of carboxylic acids is 1. The number of hydrogen-bond donors (Lipinski definition) is 1. The minimum absolute atomic E-state index is 0.316. The number of cyclic esters (lactones) is 1. The average molecular weight is 184 g/mol. The predicted molar refractivity (Wildman–Crippen MR) is 43.0 cm³/mol. The quantitative estimate of drug-likeness (QED) is 0.616. The van der Waals surface area contributed by atoms with Gasteiger partial charge < -0.3 is 9.84 Å². The van der Waals surface area contributed by atoms with Crippen molar-refractivity contribution in [1.82, 2.24) is 0 Å². The van der Waals surface area contributed by atoms with E-state index in [-0.39, 0.29) is 5.97 Å². The maximum atomic E-state index is 11.4. The molecule has 1 aliphatic carbocycles. The minimum Gasteiger partial charge on any atom is -0.478 e. The summed E-state index contributed by atoms with van der Waals surface area (Å²) in [5.74, 6) is -1.35. The third-order valence-electron chi connectivity index (χ3n) is 3.19. The van der Waals surface area contributed by atoms with Crippen LogP contribution >= 0.6 is 0 Å². The van der Waals surface area contributed by atoms with Crippen LogP contribution in [0.3, 0.4) is 0 Å². The number of rotatable bonds is 1. The molecule has 4 nitrogen and oxygen atoms in total. The zero-order valence-corrected chi connectivity index (χ0v) is 7.50. The highest BCUT2D eigenvalue weighted by molar-refractivity contribution is 5.89. The average Bonchev–Trinajstić information content (AvgIpc) is 2.22. The molecule has 1 N–H and O–H groups in total. The summed E-state index contributed by atoms with van der Waals surface area (Å²) in [6.45, 7) is 1.47. The molecule has 0 aromatic rings. The van der Waals surface area contributed by atoms with Crippen molar-refractivity contribution >= 4 is 11.9 Å². The van der Waals surface area contributed by atoms with Gasteiger partial charge in [0.2, 0.25) is 5.60 Å². The molecule has 0 radical (unpaired) electrons. The molecule has 2 aliphatic rings. The first kappa shape index (κ1) is 8.53. The van der Waals surface area contributed by atoms with Crippen LogP contribution in [0.4, 0.5) is 0 Å². The van der Waals surface area contributed by atoms with Crippen LogP contribution in [0.2, 0.25) is 0 Å². The molecule has 13 heavy (non-hydrogen) atoms. The van der Waals surface area contributed by atoms with E-state index in [2.05, 4.69) is 0 Å². The molecule has 0 bridgehead atoms. The molecule has 0 aromatic heterocycles. The number of carbonyl (C=O) groups is 2. The molecule has 0 amide bonds. The Morgan fingerprint density at radius 1 is 1.54 bits per heavy atom. The molecule has 1 spiro atoms. The van der Waals surface area contributed by atoms with Crippen molar-refractivity contribution in [3.05, 3.63) is 0 Å². The highest BCUT2D eigenvalue weighted by Gasteiger charge is 2.60. The van der Waals surface area contributed by atoms with E-state index in [0.717, 1.165) is 19.3 Å². The van der Waals surface area contributed by atoms with E-state index < -0.39 is 17.0 Å². The van der Waals surface area contributed by atoms with E-state index in [1.165, 1.54) is 6.92 Å². The molecule has 1 saturated heterocycles. The van der Waals surface area contributed by atoms with Crippen molar-refractivity contribution in [2.75, 3.05) is 0 Å². The van der Waals surface area contributed by atoms with Crippen LogP contribution in [-0.2, 0) is 14.3 Å². The highest BCUT2D eigenvalue weighted by atomic mass is 16.6. The van der Waals surface area contributed by atoms with Crippen LogP contribution in [0.15, 0.2) is 0 Å². The maximum absolute atomic E-state index is 11.4. The predicted octanol–water partition coefficient (Wildman–Crippen LogP) is 0.947. The second-order valence-corrected chi connectivity index (χ2v) is 4.24. The van der Waals surface area contributed by atoms with Crippen molar-refractivity contribution in [2.24, 2.45) is 5.41 Å². The maximum Gasteiger partial charge on any atom is 0.347 e. The van der Waals surface area contributed by atoms with Gasteiger partial charge in [0.15, 0.2) is 0 Å². The fourth-order valence-electron chi connectivity index (χ4n) is 2.17. The van der Waals surface area contributed by atoms with Crippen LogP contribution in [0, 0.1) is 5.41 Å². The molecule has 1 aliphatic heterocycles. The van der Waals surface area contributed by atoms with E-state index in [9.17, 15) is 9.59 Å². The van der Waals surface area contributed by atoms with Crippen LogP contribution in [0.25, 0.3) is 0 Å². The van der Waals surface area contributed by atoms with Gasteiger partial charge in [0.25, 0.3) is 0 Å². The number of aliphatic carboxylic acids is 1. The number of carboxylic acid groups (broad SMARTS) is 1. The Kier molecular flexibility index (Phi) is 1.47. The number of esters is 1. The van der Waals surface area contributed by atoms with Crippen molar-refractivity contribution in [3.8, 4) is 0 Å². The Balaban J connectivity index is 2.23. The Morgan fingerprint density at radius 2 is 2.15 bits per heavy atom. The fourth-order valence-corrected chi connectivity index (χ4v) is 2.17. The van der Waals surface area contributed by atoms with Gasteiger partial charge in [0.1, 0.15) is 0 Å². The Bertz CT molecular complexity index is 279. The molecule has 2 rings (SSSR count). The summed E-state index contributed by atoms with van der Waals surface area (Å²) in [5.41, 5.74) is -1.73. The van der Waals surface area contributed by atoms with E-state index in [1.54, 1.807) is 0 Å². The highest BCUT2D eigenvalue weighted by Crippen LogP contribution is 2.53. The molecule has 72 valence electrons. The fraction of sp³-hybridized carbons (Fsp3) is 0.778. The summed E-state index contributed by atoms with van der Waals surface area (Å²) in [4.78, 5) is 22.2. The molecule has 1 unspecified atom stereocenters. The lowest BCUT2D eigenvalue weighted by atomic mass is 9.65. The van der Waals surface area contributed by atoms with Crippen molar-refractivity contribution in [3.63, 3.8) is 0 Å². The van der Waals surface area contributed by atoms with Gasteiger partial charge in [0.05, 0.1) is 5.41 Å². The SMILES string of the molecule is CC1(C(=O)O)CC2(CCC2)C(=O)O1. The van der Waals surface area contributed by atoms with Crippen LogP contribution in [0.1, 0.15) is 32.6 Å². The molecule has 4 heteroatoms. The first-order valence-electron chi connectivity index (χ1n) is 4.45. The van der Waals surface area contributed by atoms with Gasteiger partial charge in [-0.05, 0) is 19.8 Å². The van der Waals surface area contributed by atoms with Crippen LogP contribution < -0.4 is 0 Å². The first-order chi connectivity index (χ1) is 5.99. The lowest BCUT2D eigenvalue weighted by Gasteiger charge is -2.33. The van der Waals surface area contributed by atoms with E-state index in [4.69, 9.17) is 9.84 Å². The van der Waals surface area contributed by atoms with Crippen molar-refractivity contribution < 1.29 is 19.4 Å². The third-order valence-corrected chi connectivity index (χ3v) is 3.19. The topological polar surface area (TPSA) is 63.6 Å². The lowest BCUT2D eigenvalue weighted by Crippen LogP contribution is -2.37. The normalized spacial score (nSPS) is 35.6. The Labute approximate surface area is 75.9 Å². The van der Waals surface area contributed by atoms with E-state index in [1.807, 2.05) is 0 Å². The van der Waals surface area contributed by atoms with Crippen LogP contribution in [-0.4, -0.2) is 22.6 Å². The summed E-state index contributed by atoms with van der Waals surface area (Å²) >= 11 is 0. The van der Waals surface area contributed by atoms with E-state index in [0.29, 0.717) is 6.42 Å². The number of carbonyl (C=O) groups excluding carboxylic acids is 1. The summed E-state index contributed by atoms with van der Waals surface area (Å²) < 4.78 is 4.93. The van der Waals surface area contributed by atoms with Crippen molar-refractivity contribution in [2.45, 2.75) is 38.2 Å². The summed E-state index contributed by atoms with van der Waals surface area (Å²) in [5, 5.41) is 8.86. The first-order valence-corrected chi connectivity index (χ1v) is 4.45. The molecular weight excluding hydrogens is 172 g/mol. The van der Waals surface area contributed by atoms with Crippen molar-refractivity contribution in [1.29, 1.82) is 0 Å². The molecule has 1 atom stereocenters. The van der Waals surface area contributed by atoms with Gasteiger partial charge in [-0.1, -0.05) is 6.42 Å². The zero-order chi connectivity index (χ0) is 9.69. The van der Waals surface area contributed by atoms with Gasteiger partial charge in [-0.3, -0.25) is 4.79 Å². The zero-order valence-electron chi connectivity index (χ0n) is 7.50. The minimum atomic E-state index is -1.28. The van der Waals surface area contributed by atoms with Gasteiger partial charge in [-0.25, -0.2) is 4.79 Å². The van der Waals surface area contributed by atoms with Crippen LogP contribution in [0.5, 0.6) is 0 Å². The smallest absolute Gasteiger partial charge is 0.347 e. The van der Waals surface area contributed by atoms with Gasteiger partial charge in [-0.2, -0.15) is 0 Å². The Morgan fingerprint density at radius 3 is 2.38 bits per heavy atom. The lowest BCUT2D eigenvalue weighted by molar-refractivity contribution is -0.169. The van der Waals surface area contributed by atoms with Gasteiger partial charge >= 0.3 is 11.9 Å². The molecule has 1 saturated carbocycles. The number of hydrogen-bond acceptors (Lipinski definition) is 3. The summed E-state index contributed by atoms with van der Waals surface area (Å²) in [6.07, 6.45) is 2.92. The molecular formula is C9H12O4. The summed E-state index contributed by atoms with van der Waals surface area (Å²) in [6, 6.07) is 0. The summed E-state index contributed by atoms with van der Waals surface area (Å²) in [7, 11) is 0. The largest absolute Gasteiger partial charge is 0.478 e. The van der Waals surface area contributed by atoms with E-state index >= 15 is 0 Å². The Hall–Kier alpha value is -1.06. The third kappa shape index (κ3) is 0.975. The molecule has 0 aromatic carbocycles. The standard InChI is InChI=1S/C9H12O4/c1-8(6(10)11)5-9(3-2-4-9)7(12)13-8/h2-5H2,1H3,(H,10,11). The molecule has 1 heterocycles. The van der Waals surface area contributed by atoms with Gasteiger partial charge in [-0.15, -0.1) is 0 Å².